The van der Waals surface area contributed by atoms with Crippen LogP contribution in [0.4, 0.5) is 0 Å². The first-order chi connectivity index (χ1) is 9.68. The van der Waals surface area contributed by atoms with Crippen molar-refractivity contribution in [2.45, 2.75) is 117 Å². The van der Waals surface area contributed by atoms with Crippen LogP contribution in [0.3, 0.4) is 0 Å². The van der Waals surface area contributed by atoms with Crippen molar-refractivity contribution < 1.29 is 0 Å². The number of rotatable bonds is 9. The summed E-state index contributed by atoms with van der Waals surface area (Å²) in [4.78, 5) is 0. The van der Waals surface area contributed by atoms with Crippen molar-refractivity contribution in [1.29, 1.82) is 0 Å². The summed E-state index contributed by atoms with van der Waals surface area (Å²) in [6, 6.07) is 0. The van der Waals surface area contributed by atoms with Crippen LogP contribution in [-0.2, 0) is 0 Å². The molecule has 0 saturated heterocycles. The molecule has 1 saturated carbocycles. The molecular formula is C20H41N. The summed E-state index contributed by atoms with van der Waals surface area (Å²) < 4.78 is 0. The van der Waals surface area contributed by atoms with Crippen molar-refractivity contribution in [3.05, 3.63) is 0 Å². The molecule has 0 unspecified atom stereocenters. The second-order valence-corrected chi connectivity index (χ2v) is 9.45. The second kappa shape index (κ2) is 7.99. The van der Waals surface area contributed by atoms with Gasteiger partial charge in [-0.2, -0.15) is 0 Å². The van der Waals surface area contributed by atoms with Gasteiger partial charge in [-0.3, -0.25) is 0 Å². The van der Waals surface area contributed by atoms with Gasteiger partial charge in [0.05, 0.1) is 0 Å². The molecule has 0 bridgehead atoms. The van der Waals surface area contributed by atoms with E-state index in [-0.39, 0.29) is 5.54 Å². The smallest absolute Gasteiger partial charge is 0.0164 e. The molecule has 0 radical (unpaired) electrons. The summed E-state index contributed by atoms with van der Waals surface area (Å²) in [5.41, 5.74) is 7.71. The minimum atomic E-state index is 0.0907. The highest BCUT2D eigenvalue weighted by Crippen LogP contribution is 2.50. The molecule has 1 rings (SSSR count). The van der Waals surface area contributed by atoms with Crippen molar-refractivity contribution in [1.82, 2.24) is 0 Å². The van der Waals surface area contributed by atoms with Crippen molar-refractivity contribution in [3.63, 3.8) is 0 Å². The van der Waals surface area contributed by atoms with Gasteiger partial charge < -0.3 is 5.73 Å². The van der Waals surface area contributed by atoms with E-state index in [9.17, 15) is 0 Å². The average molecular weight is 296 g/mol. The monoisotopic (exact) mass is 295 g/mol. The Morgan fingerprint density at radius 2 is 1.10 bits per heavy atom. The van der Waals surface area contributed by atoms with Crippen LogP contribution in [0.1, 0.15) is 112 Å². The van der Waals surface area contributed by atoms with Crippen molar-refractivity contribution in [3.8, 4) is 0 Å². The zero-order chi connectivity index (χ0) is 16.0. The zero-order valence-corrected chi connectivity index (χ0v) is 15.6. The van der Waals surface area contributed by atoms with Gasteiger partial charge in [-0.05, 0) is 36.5 Å². The molecule has 1 nitrogen and oxygen atoms in total. The Balaban J connectivity index is 2.24. The van der Waals surface area contributed by atoms with Crippen LogP contribution in [0.15, 0.2) is 0 Å². The van der Waals surface area contributed by atoms with Gasteiger partial charge in [0.25, 0.3) is 0 Å². The largest absolute Gasteiger partial charge is 0.325 e. The molecule has 21 heavy (non-hydrogen) atoms. The molecule has 0 heterocycles. The van der Waals surface area contributed by atoms with Gasteiger partial charge in [0.15, 0.2) is 0 Å². The molecule has 0 atom stereocenters. The fourth-order valence-corrected chi connectivity index (χ4v) is 5.18. The normalized spacial score (nSPS) is 23.1. The topological polar surface area (TPSA) is 26.0 Å². The third-order valence-electron chi connectivity index (χ3n) is 5.15. The highest BCUT2D eigenvalue weighted by Gasteiger charge is 2.44. The van der Waals surface area contributed by atoms with E-state index in [0.717, 1.165) is 0 Å². The number of nitrogens with two attached hydrogens (primary N) is 1. The molecule has 0 spiro atoms. The minimum Gasteiger partial charge on any atom is -0.325 e. The SMILES string of the molecule is CCCCCCCCCCC1(N)CC(C)(C)CC(C)(C)C1. The maximum absolute atomic E-state index is 6.79. The van der Waals surface area contributed by atoms with Crippen molar-refractivity contribution >= 4 is 0 Å². The minimum absolute atomic E-state index is 0.0907. The Labute approximate surface area is 134 Å². The summed E-state index contributed by atoms with van der Waals surface area (Å²) in [7, 11) is 0. The fourth-order valence-electron chi connectivity index (χ4n) is 5.18. The van der Waals surface area contributed by atoms with E-state index in [1.54, 1.807) is 0 Å². The Morgan fingerprint density at radius 1 is 0.667 bits per heavy atom. The van der Waals surface area contributed by atoms with Crippen LogP contribution < -0.4 is 5.73 Å². The van der Waals surface area contributed by atoms with Gasteiger partial charge in [0, 0.05) is 5.54 Å². The number of hydrogen-bond acceptors (Lipinski definition) is 1. The lowest BCUT2D eigenvalue weighted by atomic mass is 9.58. The molecule has 0 aromatic carbocycles. The highest BCUT2D eigenvalue weighted by atomic mass is 14.8. The molecule has 0 aliphatic heterocycles. The van der Waals surface area contributed by atoms with Gasteiger partial charge in [-0.15, -0.1) is 0 Å². The molecular weight excluding hydrogens is 254 g/mol. The quantitative estimate of drug-likeness (QED) is 0.486. The summed E-state index contributed by atoms with van der Waals surface area (Å²) in [5, 5.41) is 0. The zero-order valence-electron chi connectivity index (χ0n) is 15.6. The van der Waals surface area contributed by atoms with Crippen LogP contribution in [0.2, 0.25) is 0 Å². The molecule has 1 aliphatic rings. The Hall–Kier alpha value is -0.0400. The molecule has 0 aromatic rings. The van der Waals surface area contributed by atoms with E-state index in [4.69, 9.17) is 5.73 Å². The van der Waals surface area contributed by atoms with Crippen LogP contribution in [0.25, 0.3) is 0 Å². The summed E-state index contributed by atoms with van der Waals surface area (Å²) >= 11 is 0. The lowest BCUT2D eigenvalue weighted by molar-refractivity contribution is 0.0431. The van der Waals surface area contributed by atoms with Crippen LogP contribution >= 0.6 is 0 Å². The van der Waals surface area contributed by atoms with Crippen molar-refractivity contribution in [2.75, 3.05) is 0 Å². The second-order valence-electron chi connectivity index (χ2n) is 9.45. The van der Waals surface area contributed by atoms with Gasteiger partial charge >= 0.3 is 0 Å². The third-order valence-corrected chi connectivity index (χ3v) is 5.15. The summed E-state index contributed by atoms with van der Waals surface area (Å²) in [6.45, 7) is 11.9. The van der Waals surface area contributed by atoms with E-state index in [2.05, 4.69) is 34.6 Å². The predicted octanol–water partition coefficient (Wildman–Crippen LogP) is 6.45. The first-order valence-corrected chi connectivity index (χ1v) is 9.47. The van der Waals surface area contributed by atoms with Crippen LogP contribution in [0.5, 0.6) is 0 Å². The Morgan fingerprint density at radius 3 is 1.57 bits per heavy atom. The number of hydrogen-bond donors (Lipinski definition) is 1. The summed E-state index contributed by atoms with van der Waals surface area (Å²) in [6.07, 6.45) is 16.1. The van der Waals surface area contributed by atoms with Gasteiger partial charge in [0.2, 0.25) is 0 Å². The van der Waals surface area contributed by atoms with Gasteiger partial charge in [-0.25, -0.2) is 0 Å². The maximum Gasteiger partial charge on any atom is 0.0164 e. The maximum atomic E-state index is 6.79. The van der Waals surface area contributed by atoms with Gasteiger partial charge in [-0.1, -0.05) is 86.0 Å². The number of unbranched alkanes of at least 4 members (excludes halogenated alkanes) is 7. The fraction of sp³-hybridized carbons (Fsp3) is 1.00. The molecule has 2 N–H and O–H groups in total. The summed E-state index contributed by atoms with van der Waals surface area (Å²) in [5.74, 6) is 0. The lowest BCUT2D eigenvalue weighted by Gasteiger charge is -2.50. The van der Waals surface area contributed by atoms with E-state index in [1.807, 2.05) is 0 Å². The van der Waals surface area contributed by atoms with E-state index < -0.39 is 0 Å². The predicted molar refractivity (Wildman–Crippen MR) is 95.6 cm³/mol. The van der Waals surface area contributed by atoms with Crippen LogP contribution in [0, 0.1) is 10.8 Å². The molecule has 1 aliphatic carbocycles. The first kappa shape index (κ1) is 19.0. The van der Waals surface area contributed by atoms with E-state index >= 15 is 0 Å². The Kier molecular flexibility index (Phi) is 7.24. The lowest BCUT2D eigenvalue weighted by Crippen LogP contribution is -2.52. The average Bonchev–Trinajstić information content (AvgIpc) is 2.27. The van der Waals surface area contributed by atoms with E-state index in [0.29, 0.717) is 10.8 Å². The molecule has 1 fully saturated rings. The highest BCUT2D eigenvalue weighted by molar-refractivity contribution is 5.00. The molecule has 126 valence electrons. The standard InChI is InChI=1S/C20H41N/c1-6-7-8-9-10-11-12-13-14-20(21)16-18(2,3)15-19(4,5)17-20/h6-17,21H2,1-5H3. The Bertz CT molecular complexity index is 274. The molecule has 1 heteroatoms. The third kappa shape index (κ3) is 7.68. The van der Waals surface area contributed by atoms with E-state index in [1.165, 1.54) is 77.0 Å². The first-order valence-electron chi connectivity index (χ1n) is 9.47. The molecule has 0 aromatic heterocycles. The van der Waals surface area contributed by atoms with Gasteiger partial charge in [0.1, 0.15) is 0 Å². The van der Waals surface area contributed by atoms with Crippen LogP contribution in [-0.4, -0.2) is 5.54 Å². The molecule has 0 amide bonds. The van der Waals surface area contributed by atoms with Crippen molar-refractivity contribution in [2.24, 2.45) is 16.6 Å².